The maximum Gasteiger partial charge on any atom is 0.324 e. The first kappa shape index (κ1) is 15.7. The molecule has 7 heteroatoms. The molecule has 1 atom stereocenters. The molecule has 0 spiro atoms. The zero-order chi connectivity index (χ0) is 15.8. The predicted molar refractivity (Wildman–Crippen MR) is 75.6 cm³/mol. The molecular weight excluding hydrogens is 294 g/mol. The first-order valence-electron chi connectivity index (χ1n) is 6.57. The summed E-state index contributed by atoms with van der Waals surface area (Å²) in [5, 5.41) is 9.34. The Bertz CT molecular complexity index is 697. The minimum atomic E-state index is -3.95. The molecule has 2 rings (SSSR count). The highest BCUT2D eigenvalue weighted by atomic mass is 32.2. The summed E-state index contributed by atoms with van der Waals surface area (Å²) in [6.07, 6.45) is 0.766. The highest BCUT2D eigenvalue weighted by molar-refractivity contribution is 7.89. The third-order valence-electron chi connectivity index (χ3n) is 3.86. The molecule has 1 aliphatic rings. The van der Waals surface area contributed by atoms with Crippen molar-refractivity contribution >= 4 is 21.8 Å². The fourth-order valence-corrected chi connectivity index (χ4v) is 4.39. The van der Waals surface area contributed by atoms with Gasteiger partial charge in [-0.2, -0.15) is 4.31 Å². The van der Waals surface area contributed by atoms with Crippen LogP contribution in [-0.4, -0.2) is 41.7 Å². The lowest BCUT2D eigenvalue weighted by Gasteiger charge is -2.30. The Kier molecular flexibility index (Phi) is 3.90. The van der Waals surface area contributed by atoms with Crippen LogP contribution < -0.4 is 0 Å². The number of rotatable bonds is 4. The average Bonchev–Trinajstić information content (AvgIpc) is 2.83. The van der Waals surface area contributed by atoms with E-state index in [0.29, 0.717) is 6.42 Å². The molecule has 6 nitrogen and oxygen atoms in total. The molecule has 1 heterocycles. The number of ketones is 1. The standard InChI is InChI=1S/C14H17NO5S/c1-10(16)11-5-3-6-12(9-11)21(19,20)15-8-4-7-14(15,2)13(17)18/h3,5-6,9H,4,7-8H2,1-2H3,(H,17,18). The summed E-state index contributed by atoms with van der Waals surface area (Å²) in [7, 11) is -3.95. The van der Waals surface area contributed by atoms with Crippen molar-refractivity contribution < 1.29 is 23.1 Å². The summed E-state index contributed by atoms with van der Waals surface area (Å²) < 4.78 is 26.4. The minimum Gasteiger partial charge on any atom is -0.480 e. The van der Waals surface area contributed by atoms with Crippen LogP contribution in [0.5, 0.6) is 0 Å². The number of carboxylic acid groups (broad SMARTS) is 1. The summed E-state index contributed by atoms with van der Waals surface area (Å²) in [6.45, 7) is 2.92. The van der Waals surface area contributed by atoms with Crippen LogP contribution in [0.2, 0.25) is 0 Å². The van der Waals surface area contributed by atoms with Crippen molar-refractivity contribution in [2.75, 3.05) is 6.54 Å². The average molecular weight is 311 g/mol. The molecule has 1 aromatic carbocycles. The molecule has 1 aliphatic heterocycles. The lowest BCUT2D eigenvalue weighted by Crippen LogP contribution is -2.50. The maximum atomic E-state index is 12.7. The monoisotopic (exact) mass is 311 g/mol. The number of sulfonamides is 1. The SMILES string of the molecule is CC(=O)c1cccc(S(=O)(=O)N2CCCC2(C)C(=O)O)c1. The summed E-state index contributed by atoms with van der Waals surface area (Å²) in [5.74, 6) is -1.40. The Balaban J connectivity index is 2.50. The maximum absolute atomic E-state index is 12.7. The Morgan fingerprint density at radius 2 is 2.00 bits per heavy atom. The van der Waals surface area contributed by atoms with E-state index in [-0.39, 0.29) is 29.2 Å². The van der Waals surface area contributed by atoms with Gasteiger partial charge in [-0.3, -0.25) is 9.59 Å². The molecule has 0 saturated carbocycles. The van der Waals surface area contributed by atoms with Crippen molar-refractivity contribution in [2.45, 2.75) is 37.1 Å². The van der Waals surface area contributed by atoms with Crippen LogP contribution in [0.4, 0.5) is 0 Å². The van der Waals surface area contributed by atoms with Crippen LogP contribution in [0.15, 0.2) is 29.2 Å². The number of carboxylic acids is 1. The Labute approximate surface area is 123 Å². The van der Waals surface area contributed by atoms with E-state index in [2.05, 4.69) is 0 Å². The van der Waals surface area contributed by atoms with Crippen LogP contribution in [0, 0.1) is 0 Å². The number of carbonyl (C=O) groups excluding carboxylic acids is 1. The number of nitrogens with zero attached hydrogens (tertiary/aromatic N) is 1. The fraction of sp³-hybridized carbons (Fsp3) is 0.429. The van der Waals surface area contributed by atoms with Crippen molar-refractivity contribution in [1.82, 2.24) is 4.31 Å². The van der Waals surface area contributed by atoms with Crippen molar-refractivity contribution in [3.63, 3.8) is 0 Å². The molecule has 0 amide bonds. The Morgan fingerprint density at radius 3 is 2.57 bits per heavy atom. The van der Waals surface area contributed by atoms with Gasteiger partial charge in [0.05, 0.1) is 4.90 Å². The second-order valence-corrected chi connectivity index (χ2v) is 7.21. The summed E-state index contributed by atoms with van der Waals surface area (Å²) >= 11 is 0. The first-order valence-corrected chi connectivity index (χ1v) is 8.01. The van der Waals surface area contributed by atoms with E-state index in [9.17, 15) is 23.1 Å². The van der Waals surface area contributed by atoms with Gasteiger partial charge in [0.25, 0.3) is 0 Å². The van der Waals surface area contributed by atoms with Gasteiger partial charge in [-0.15, -0.1) is 0 Å². The smallest absolute Gasteiger partial charge is 0.324 e. The van der Waals surface area contributed by atoms with E-state index in [4.69, 9.17) is 0 Å². The number of benzene rings is 1. The molecule has 0 aliphatic carbocycles. The van der Waals surface area contributed by atoms with Gasteiger partial charge in [0.15, 0.2) is 5.78 Å². The molecule has 0 radical (unpaired) electrons. The van der Waals surface area contributed by atoms with Gasteiger partial charge < -0.3 is 5.11 Å². The van der Waals surface area contributed by atoms with Gasteiger partial charge in [-0.1, -0.05) is 12.1 Å². The summed E-state index contributed by atoms with van der Waals surface area (Å²) in [4.78, 5) is 22.8. The summed E-state index contributed by atoms with van der Waals surface area (Å²) in [5.41, 5.74) is -1.15. The van der Waals surface area contributed by atoms with Crippen molar-refractivity contribution in [3.05, 3.63) is 29.8 Å². The highest BCUT2D eigenvalue weighted by Gasteiger charge is 2.49. The zero-order valence-corrected chi connectivity index (χ0v) is 12.7. The van der Waals surface area contributed by atoms with E-state index in [1.807, 2.05) is 0 Å². The highest BCUT2D eigenvalue weighted by Crippen LogP contribution is 2.34. The lowest BCUT2D eigenvalue weighted by molar-refractivity contribution is -0.146. The van der Waals surface area contributed by atoms with E-state index >= 15 is 0 Å². The van der Waals surface area contributed by atoms with Crippen LogP contribution >= 0.6 is 0 Å². The quantitative estimate of drug-likeness (QED) is 0.851. The molecule has 1 aromatic rings. The second kappa shape index (κ2) is 5.23. The van der Waals surface area contributed by atoms with Crippen LogP contribution in [-0.2, 0) is 14.8 Å². The van der Waals surface area contributed by atoms with Gasteiger partial charge >= 0.3 is 5.97 Å². The van der Waals surface area contributed by atoms with Crippen molar-refractivity contribution in [2.24, 2.45) is 0 Å². The third-order valence-corrected chi connectivity index (χ3v) is 5.88. The molecule has 1 unspecified atom stereocenters. The third kappa shape index (κ3) is 2.58. The molecule has 21 heavy (non-hydrogen) atoms. The number of carbonyl (C=O) groups is 2. The molecular formula is C14H17NO5S. The van der Waals surface area contributed by atoms with Gasteiger partial charge in [-0.25, -0.2) is 8.42 Å². The van der Waals surface area contributed by atoms with Crippen LogP contribution in [0.25, 0.3) is 0 Å². The molecule has 1 saturated heterocycles. The topological polar surface area (TPSA) is 91.8 Å². The van der Waals surface area contributed by atoms with Gasteiger partial charge in [0.1, 0.15) is 5.54 Å². The molecule has 1 N–H and O–H groups in total. The largest absolute Gasteiger partial charge is 0.480 e. The molecule has 1 fully saturated rings. The number of Topliss-reactive ketones (excluding diaryl/α,β-unsaturated/α-hetero) is 1. The van der Waals surface area contributed by atoms with Gasteiger partial charge in [0.2, 0.25) is 10.0 Å². The molecule has 114 valence electrons. The van der Waals surface area contributed by atoms with Crippen LogP contribution in [0.3, 0.4) is 0 Å². The van der Waals surface area contributed by atoms with Crippen molar-refractivity contribution in [1.29, 1.82) is 0 Å². The van der Waals surface area contributed by atoms with E-state index in [0.717, 1.165) is 4.31 Å². The Hall–Kier alpha value is -1.73. The van der Waals surface area contributed by atoms with E-state index < -0.39 is 21.5 Å². The molecule has 0 bridgehead atoms. The fourth-order valence-electron chi connectivity index (χ4n) is 2.54. The molecule has 0 aromatic heterocycles. The second-order valence-electron chi connectivity index (χ2n) is 5.34. The predicted octanol–water partition coefficient (Wildman–Crippen LogP) is 1.52. The van der Waals surface area contributed by atoms with E-state index in [1.54, 1.807) is 0 Å². The van der Waals surface area contributed by atoms with Crippen molar-refractivity contribution in [3.8, 4) is 0 Å². The van der Waals surface area contributed by atoms with Gasteiger partial charge in [0, 0.05) is 12.1 Å². The number of hydrogen-bond acceptors (Lipinski definition) is 4. The summed E-state index contributed by atoms with van der Waals surface area (Å²) in [6, 6.07) is 5.68. The first-order chi connectivity index (χ1) is 9.69. The number of hydrogen-bond donors (Lipinski definition) is 1. The Morgan fingerprint density at radius 1 is 1.33 bits per heavy atom. The minimum absolute atomic E-state index is 0.0513. The number of aliphatic carboxylic acids is 1. The van der Waals surface area contributed by atoms with E-state index in [1.165, 1.54) is 38.1 Å². The van der Waals surface area contributed by atoms with Crippen LogP contribution in [0.1, 0.15) is 37.0 Å². The normalized spacial score (nSPS) is 23.1. The zero-order valence-electron chi connectivity index (χ0n) is 11.9. The van der Waals surface area contributed by atoms with Gasteiger partial charge in [-0.05, 0) is 38.8 Å². The lowest BCUT2D eigenvalue weighted by atomic mass is 10.0.